The van der Waals surface area contributed by atoms with Crippen LogP contribution in [0.4, 0.5) is 4.79 Å². The number of hydrogen-bond donors (Lipinski definition) is 0. The van der Waals surface area contributed by atoms with Crippen molar-refractivity contribution in [3.05, 3.63) is 78.4 Å². The van der Waals surface area contributed by atoms with Crippen molar-refractivity contribution in [3.63, 3.8) is 0 Å². The summed E-state index contributed by atoms with van der Waals surface area (Å²) < 4.78 is 5.34. The van der Waals surface area contributed by atoms with Crippen molar-refractivity contribution in [2.24, 2.45) is 0 Å². The zero-order valence-electron chi connectivity index (χ0n) is 12.9. The number of aldehydes is 1. The zero-order chi connectivity index (χ0) is 16.5. The number of rotatable bonds is 7. The summed E-state index contributed by atoms with van der Waals surface area (Å²) in [5, 5.41) is 0. The largest absolute Gasteiger partial charge is 0.444 e. The molecule has 23 heavy (non-hydrogen) atoms. The predicted molar refractivity (Wildman–Crippen MR) is 89.5 cm³/mol. The summed E-state index contributed by atoms with van der Waals surface area (Å²) in [5.74, 6) is 0. The van der Waals surface area contributed by atoms with Crippen LogP contribution in [0.1, 0.15) is 17.5 Å². The maximum Gasteiger partial charge on any atom is 0.414 e. The van der Waals surface area contributed by atoms with Crippen molar-refractivity contribution in [1.29, 1.82) is 0 Å². The third-order valence-corrected chi connectivity index (χ3v) is 3.33. The molecule has 2 aromatic rings. The Bertz CT molecular complexity index is 653. The van der Waals surface area contributed by atoms with E-state index < -0.39 is 6.09 Å². The van der Waals surface area contributed by atoms with Crippen LogP contribution in [0.2, 0.25) is 0 Å². The van der Waals surface area contributed by atoms with Crippen molar-refractivity contribution in [1.82, 2.24) is 4.90 Å². The fraction of sp³-hybridized carbons (Fsp3) is 0.158. The molecular formula is C19H19NO3. The van der Waals surface area contributed by atoms with Gasteiger partial charge in [0.05, 0.1) is 0 Å². The molecule has 0 saturated carbocycles. The van der Waals surface area contributed by atoms with Crippen molar-refractivity contribution >= 4 is 18.1 Å². The molecule has 2 aromatic carbocycles. The molecular weight excluding hydrogens is 290 g/mol. The smallest absolute Gasteiger partial charge is 0.414 e. The van der Waals surface area contributed by atoms with Gasteiger partial charge >= 0.3 is 6.09 Å². The average Bonchev–Trinajstić information content (AvgIpc) is 2.61. The van der Waals surface area contributed by atoms with Crippen LogP contribution in [0.3, 0.4) is 0 Å². The van der Waals surface area contributed by atoms with Crippen LogP contribution < -0.4 is 0 Å². The second kappa shape index (κ2) is 8.54. The van der Waals surface area contributed by atoms with Crippen LogP contribution in [0.15, 0.2) is 67.2 Å². The minimum Gasteiger partial charge on any atom is -0.444 e. The molecule has 118 valence electrons. The molecule has 0 unspecified atom stereocenters. The normalized spacial score (nSPS) is 9.91. The second-order valence-electron chi connectivity index (χ2n) is 4.96. The van der Waals surface area contributed by atoms with Gasteiger partial charge in [0, 0.05) is 18.7 Å². The first-order chi connectivity index (χ1) is 11.2. The molecule has 0 aliphatic carbocycles. The van der Waals surface area contributed by atoms with Crippen molar-refractivity contribution in [3.8, 4) is 0 Å². The van der Waals surface area contributed by atoms with E-state index in [1.807, 2.05) is 60.7 Å². The van der Waals surface area contributed by atoms with Crippen molar-refractivity contribution in [2.45, 2.75) is 13.0 Å². The van der Waals surface area contributed by atoms with E-state index in [0.29, 0.717) is 5.70 Å². The van der Waals surface area contributed by atoms with Crippen LogP contribution in [0.25, 0.3) is 5.70 Å². The standard InChI is InChI=1S/C19H19NO3/c1-16(18-11-6-3-7-12-18)20(13-8-14-21)19(22)23-15-17-9-4-2-5-10-17/h2-7,9-12,14H,1,8,13,15H2. The van der Waals surface area contributed by atoms with Gasteiger partial charge in [0.2, 0.25) is 0 Å². The first kappa shape index (κ1) is 16.5. The van der Waals surface area contributed by atoms with Gasteiger partial charge in [-0.3, -0.25) is 4.90 Å². The lowest BCUT2D eigenvalue weighted by molar-refractivity contribution is -0.107. The Morgan fingerprint density at radius 3 is 2.26 bits per heavy atom. The lowest BCUT2D eigenvalue weighted by Gasteiger charge is -2.23. The molecule has 0 aliphatic heterocycles. The van der Waals surface area contributed by atoms with Gasteiger partial charge in [0.1, 0.15) is 12.9 Å². The lowest BCUT2D eigenvalue weighted by Crippen LogP contribution is -2.31. The van der Waals surface area contributed by atoms with Crippen molar-refractivity contribution in [2.75, 3.05) is 6.54 Å². The van der Waals surface area contributed by atoms with E-state index in [2.05, 4.69) is 6.58 Å². The third kappa shape index (κ3) is 4.81. The second-order valence-corrected chi connectivity index (χ2v) is 4.96. The van der Waals surface area contributed by atoms with E-state index in [-0.39, 0.29) is 19.6 Å². The molecule has 0 radical (unpaired) electrons. The predicted octanol–water partition coefficient (Wildman–Crippen LogP) is 3.89. The number of hydrogen-bond acceptors (Lipinski definition) is 3. The van der Waals surface area contributed by atoms with E-state index in [1.165, 1.54) is 4.90 Å². The third-order valence-electron chi connectivity index (χ3n) is 3.33. The Morgan fingerprint density at radius 2 is 1.65 bits per heavy atom. The number of ether oxygens (including phenoxy) is 1. The fourth-order valence-corrected chi connectivity index (χ4v) is 2.10. The molecule has 0 spiro atoms. The number of nitrogens with zero attached hydrogens (tertiary/aromatic N) is 1. The summed E-state index contributed by atoms with van der Waals surface area (Å²) in [4.78, 5) is 24.4. The van der Waals surface area contributed by atoms with Gasteiger partial charge in [0.15, 0.2) is 0 Å². The van der Waals surface area contributed by atoms with E-state index in [4.69, 9.17) is 4.74 Å². The van der Waals surface area contributed by atoms with Crippen LogP contribution in [0, 0.1) is 0 Å². The molecule has 0 N–H and O–H groups in total. The van der Waals surface area contributed by atoms with Gasteiger partial charge in [-0.15, -0.1) is 0 Å². The van der Waals surface area contributed by atoms with Crippen LogP contribution in [0.5, 0.6) is 0 Å². The molecule has 2 rings (SSSR count). The Balaban J connectivity index is 2.06. The topological polar surface area (TPSA) is 46.6 Å². The SMILES string of the molecule is C=C(c1ccccc1)N(CCC=O)C(=O)OCc1ccccc1. The quantitative estimate of drug-likeness (QED) is 0.729. The van der Waals surface area contributed by atoms with Crippen LogP contribution in [-0.2, 0) is 16.1 Å². The highest BCUT2D eigenvalue weighted by Crippen LogP contribution is 2.18. The highest BCUT2D eigenvalue weighted by atomic mass is 16.6. The Labute approximate surface area is 136 Å². The maximum absolute atomic E-state index is 12.4. The van der Waals surface area contributed by atoms with Gasteiger partial charge in [-0.1, -0.05) is 67.2 Å². The summed E-state index contributed by atoms with van der Waals surface area (Å²) in [6.07, 6.45) is 0.492. The molecule has 0 heterocycles. The summed E-state index contributed by atoms with van der Waals surface area (Å²) in [6, 6.07) is 18.8. The number of carbonyl (C=O) groups is 2. The monoisotopic (exact) mass is 309 g/mol. The highest BCUT2D eigenvalue weighted by Gasteiger charge is 2.19. The molecule has 0 aromatic heterocycles. The molecule has 1 amide bonds. The van der Waals surface area contributed by atoms with Crippen molar-refractivity contribution < 1.29 is 14.3 Å². The number of amides is 1. The Morgan fingerprint density at radius 1 is 1.04 bits per heavy atom. The summed E-state index contributed by atoms with van der Waals surface area (Å²) >= 11 is 0. The van der Waals surface area contributed by atoms with Crippen LogP contribution >= 0.6 is 0 Å². The van der Waals surface area contributed by atoms with Crippen LogP contribution in [-0.4, -0.2) is 23.8 Å². The Kier molecular flexibility index (Phi) is 6.12. The summed E-state index contributed by atoms with van der Waals surface area (Å²) in [6.45, 7) is 4.38. The van der Waals surface area contributed by atoms with Gasteiger partial charge in [-0.25, -0.2) is 4.79 Å². The number of carbonyl (C=O) groups excluding carboxylic acids is 2. The first-order valence-electron chi connectivity index (χ1n) is 7.38. The van der Waals surface area contributed by atoms with E-state index >= 15 is 0 Å². The summed E-state index contributed by atoms with van der Waals surface area (Å²) in [5.41, 5.74) is 2.24. The maximum atomic E-state index is 12.4. The molecule has 4 heteroatoms. The van der Waals surface area contributed by atoms with Gasteiger partial charge in [-0.05, 0) is 11.1 Å². The molecule has 0 fully saturated rings. The minimum atomic E-state index is -0.510. The molecule has 0 bridgehead atoms. The highest BCUT2D eigenvalue weighted by molar-refractivity contribution is 5.81. The molecule has 0 atom stereocenters. The van der Waals surface area contributed by atoms with E-state index in [9.17, 15) is 9.59 Å². The number of benzene rings is 2. The van der Waals surface area contributed by atoms with Gasteiger partial charge < -0.3 is 9.53 Å². The Hall–Kier alpha value is -2.88. The van der Waals surface area contributed by atoms with Gasteiger partial charge in [0.25, 0.3) is 0 Å². The zero-order valence-corrected chi connectivity index (χ0v) is 12.9. The minimum absolute atomic E-state index is 0.180. The van der Waals surface area contributed by atoms with E-state index in [1.54, 1.807) is 0 Å². The van der Waals surface area contributed by atoms with E-state index in [0.717, 1.165) is 17.4 Å². The molecule has 4 nitrogen and oxygen atoms in total. The lowest BCUT2D eigenvalue weighted by atomic mass is 10.1. The van der Waals surface area contributed by atoms with Gasteiger partial charge in [-0.2, -0.15) is 0 Å². The fourth-order valence-electron chi connectivity index (χ4n) is 2.10. The average molecular weight is 309 g/mol. The molecule has 0 aliphatic rings. The molecule has 0 saturated heterocycles. The summed E-state index contributed by atoms with van der Waals surface area (Å²) in [7, 11) is 0. The first-order valence-corrected chi connectivity index (χ1v) is 7.38.